The van der Waals surface area contributed by atoms with Gasteiger partial charge in [0.2, 0.25) is 0 Å². The minimum atomic E-state index is 0.489. The van der Waals surface area contributed by atoms with E-state index in [-0.39, 0.29) is 0 Å². The van der Waals surface area contributed by atoms with E-state index in [4.69, 9.17) is 4.74 Å². The molecule has 0 aromatic carbocycles. The lowest BCUT2D eigenvalue weighted by atomic mass is 10.1. The third-order valence-electron chi connectivity index (χ3n) is 2.28. The Bertz CT molecular complexity index is 181. The van der Waals surface area contributed by atoms with Gasteiger partial charge in [-0.15, -0.1) is 0 Å². The van der Waals surface area contributed by atoms with Gasteiger partial charge in [0.05, 0.1) is 13.2 Å². The first-order valence-electron chi connectivity index (χ1n) is 5.06. The van der Waals surface area contributed by atoms with Crippen LogP contribution in [-0.4, -0.2) is 38.4 Å². The van der Waals surface area contributed by atoms with E-state index in [0.717, 1.165) is 37.2 Å². The molecule has 0 amide bonds. The molecule has 2 N–H and O–H groups in total. The number of hydrogen-bond donors (Lipinski definition) is 2. The minimum absolute atomic E-state index is 0.489. The molecule has 4 heteroatoms. The fraction of sp³-hybridized carbons (Fsp3) is 0.800. The maximum atomic E-state index is 5.39. The van der Waals surface area contributed by atoms with Gasteiger partial charge in [0.25, 0.3) is 0 Å². The van der Waals surface area contributed by atoms with Gasteiger partial charge in [0.1, 0.15) is 0 Å². The summed E-state index contributed by atoms with van der Waals surface area (Å²) in [6.45, 7) is 9.46. The van der Waals surface area contributed by atoms with Crippen LogP contribution in [-0.2, 0) is 4.74 Å². The van der Waals surface area contributed by atoms with Crippen LogP contribution in [0.5, 0.6) is 0 Å². The molecule has 1 saturated heterocycles. The average Bonchev–Trinajstić information content (AvgIpc) is 2.16. The summed E-state index contributed by atoms with van der Waals surface area (Å²) in [4.78, 5) is 0. The van der Waals surface area contributed by atoms with Gasteiger partial charge in [0.15, 0.2) is 0 Å². The van der Waals surface area contributed by atoms with E-state index >= 15 is 0 Å². The molecule has 14 heavy (non-hydrogen) atoms. The molecule has 3 nitrogen and oxygen atoms in total. The zero-order valence-electron chi connectivity index (χ0n) is 8.68. The molecule has 1 aliphatic heterocycles. The van der Waals surface area contributed by atoms with Crippen molar-refractivity contribution in [2.24, 2.45) is 0 Å². The van der Waals surface area contributed by atoms with Crippen LogP contribution in [0.3, 0.4) is 0 Å². The summed E-state index contributed by atoms with van der Waals surface area (Å²) < 4.78 is 6.39. The monoisotopic (exact) mass is 262 g/mol. The van der Waals surface area contributed by atoms with Crippen molar-refractivity contribution < 1.29 is 4.74 Å². The van der Waals surface area contributed by atoms with E-state index in [9.17, 15) is 0 Å². The van der Waals surface area contributed by atoms with Crippen molar-refractivity contribution in [2.75, 3.05) is 26.3 Å². The highest BCUT2D eigenvalue weighted by Gasteiger charge is 2.15. The van der Waals surface area contributed by atoms with Gasteiger partial charge in [-0.1, -0.05) is 22.5 Å². The topological polar surface area (TPSA) is 33.3 Å². The standard InChI is InChI=1S/C10H19BrN2O/c1-8(11)6-13-9(2)5-10-7-14-4-3-12-10/h9-10,12-13H,1,3-7H2,2H3. The first-order valence-corrected chi connectivity index (χ1v) is 5.85. The molecule has 0 aliphatic carbocycles. The van der Waals surface area contributed by atoms with Crippen LogP contribution >= 0.6 is 15.9 Å². The van der Waals surface area contributed by atoms with E-state index in [1.54, 1.807) is 0 Å². The van der Waals surface area contributed by atoms with E-state index in [1.165, 1.54) is 0 Å². The smallest absolute Gasteiger partial charge is 0.0620 e. The van der Waals surface area contributed by atoms with Crippen LogP contribution in [0.15, 0.2) is 11.1 Å². The third kappa shape index (κ3) is 5.10. The number of morpholine rings is 1. The SMILES string of the molecule is C=C(Br)CNC(C)CC1COCCN1. The van der Waals surface area contributed by atoms with Crippen molar-refractivity contribution >= 4 is 15.9 Å². The van der Waals surface area contributed by atoms with Gasteiger partial charge >= 0.3 is 0 Å². The van der Waals surface area contributed by atoms with Crippen molar-refractivity contribution in [3.8, 4) is 0 Å². The summed E-state index contributed by atoms with van der Waals surface area (Å²) in [7, 11) is 0. The fourth-order valence-corrected chi connectivity index (χ4v) is 1.73. The van der Waals surface area contributed by atoms with Crippen LogP contribution in [0.2, 0.25) is 0 Å². The summed E-state index contributed by atoms with van der Waals surface area (Å²) in [5, 5.41) is 6.83. The zero-order chi connectivity index (χ0) is 10.4. The largest absolute Gasteiger partial charge is 0.379 e. The van der Waals surface area contributed by atoms with Gasteiger partial charge in [-0.25, -0.2) is 0 Å². The van der Waals surface area contributed by atoms with Crippen LogP contribution < -0.4 is 10.6 Å². The Morgan fingerprint density at radius 2 is 2.57 bits per heavy atom. The number of ether oxygens (including phenoxy) is 1. The first-order chi connectivity index (χ1) is 6.68. The van der Waals surface area contributed by atoms with Crippen molar-refractivity contribution in [1.82, 2.24) is 10.6 Å². The quantitative estimate of drug-likeness (QED) is 0.783. The summed E-state index contributed by atoms with van der Waals surface area (Å²) in [5.74, 6) is 0. The molecule has 1 heterocycles. The number of nitrogens with one attached hydrogen (secondary N) is 2. The molecule has 0 aromatic rings. The van der Waals surface area contributed by atoms with E-state index in [1.807, 2.05) is 0 Å². The van der Waals surface area contributed by atoms with Crippen molar-refractivity contribution in [3.63, 3.8) is 0 Å². The Labute approximate surface area is 94.4 Å². The van der Waals surface area contributed by atoms with Crippen LogP contribution in [0.1, 0.15) is 13.3 Å². The van der Waals surface area contributed by atoms with Gasteiger partial charge in [-0.2, -0.15) is 0 Å². The predicted molar refractivity (Wildman–Crippen MR) is 62.8 cm³/mol. The van der Waals surface area contributed by atoms with E-state index in [0.29, 0.717) is 12.1 Å². The molecule has 0 spiro atoms. The molecular formula is C10H19BrN2O. The second kappa shape index (κ2) is 6.56. The van der Waals surface area contributed by atoms with Crippen molar-refractivity contribution in [2.45, 2.75) is 25.4 Å². The molecule has 0 saturated carbocycles. The summed E-state index contributed by atoms with van der Waals surface area (Å²) >= 11 is 3.33. The second-order valence-corrected chi connectivity index (χ2v) is 4.88. The lowest BCUT2D eigenvalue weighted by Crippen LogP contribution is -2.45. The van der Waals surface area contributed by atoms with Crippen LogP contribution in [0, 0.1) is 0 Å². The van der Waals surface area contributed by atoms with E-state index in [2.05, 4.69) is 40.1 Å². The Morgan fingerprint density at radius 3 is 3.14 bits per heavy atom. The highest BCUT2D eigenvalue weighted by molar-refractivity contribution is 9.11. The lowest BCUT2D eigenvalue weighted by Gasteiger charge is -2.26. The summed E-state index contributed by atoms with van der Waals surface area (Å²) in [6.07, 6.45) is 1.10. The molecule has 2 unspecified atom stereocenters. The lowest BCUT2D eigenvalue weighted by molar-refractivity contribution is 0.0714. The molecule has 1 fully saturated rings. The van der Waals surface area contributed by atoms with Gasteiger partial charge in [0, 0.05) is 29.7 Å². The normalized spacial score (nSPS) is 24.6. The fourth-order valence-electron chi connectivity index (χ4n) is 1.57. The van der Waals surface area contributed by atoms with Crippen LogP contribution in [0.25, 0.3) is 0 Å². The number of halogens is 1. The minimum Gasteiger partial charge on any atom is -0.379 e. The molecule has 1 rings (SSSR count). The third-order valence-corrected chi connectivity index (χ3v) is 2.56. The molecular weight excluding hydrogens is 244 g/mol. The van der Waals surface area contributed by atoms with Gasteiger partial charge in [-0.3, -0.25) is 0 Å². The van der Waals surface area contributed by atoms with Gasteiger partial charge in [-0.05, 0) is 13.3 Å². The number of hydrogen-bond acceptors (Lipinski definition) is 3. The molecule has 0 bridgehead atoms. The summed E-state index contributed by atoms with van der Waals surface area (Å²) in [6, 6.07) is 0.985. The Morgan fingerprint density at radius 1 is 1.79 bits per heavy atom. The molecule has 0 aromatic heterocycles. The highest BCUT2D eigenvalue weighted by Crippen LogP contribution is 2.04. The van der Waals surface area contributed by atoms with Crippen LogP contribution in [0.4, 0.5) is 0 Å². The maximum absolute atomic E-state index is 5.39. The highest BCUT2D eigenvalue weighted by atomic mass is 79.9. The Kier molecular flexibility index (Phi) is 5.70. The Balaban J connectivity index is 2.11. The van der Waals surface area contributed by atoms with Gasteiger partial charge < -0.3 is 15.4 Å². The molecule has 82 valence electrons. The molecule has 2 atom stereocenters. The second-order valence-electron chi connectivity index (χ2n) is 3.76. The summed E-state index contributed by atoms with van der Waals surface area (Å²) in [5.41, 5.74) is 0. The molecule has 1 aliphatic rings. The zero-order valence-corrected chi connectivity index (χ0v) is 10.3. The van der Waals surface area contributed by atoms with E-state index < -0.39 is 0 Å². The average molecular weight is 263 g/mol. The first kappa shape index (κ1) is 12.2. The molecule has 0 radical (unpaired) electrons. The van der Waals surface area contributed by atoms with Crippen molar-refractivity contribution in [3.05, 3.63) is 11.1 Å². The van der Waals surface area contributed by atoms with Crippen molar-refractivity contribution in [1.29, 1.82) is 0 Å². The Hall–Kier alpha value is 0.1000. The number of rotatable bonds is 5. The maximum Gasteiger partial charge on any atom is 0.0620 e. The predicted octanol–water partition coefficient (Wildman–Crippen LogP) is 1.25.